The van der Waals surface area contributed by atoms with Crippen molar-refractivity contribution in [2.45, 2.75) is 23.1 Å². The van der Waals surface area contributed by atoms with Gasteiger partial charge in [-0.15, -0.1) is 0 Å². The van der Waals surface area contributed by atoms with Crippen LogP contribution in [0.3, 0.4) is 0 Å². The van der Waals surface area contributed by atoms with Crippen LogP contribution in [0.2, 0.25) is 0 Å². The molecule has 0 fully saturated rings. The third-order valence-corrected chi connectivity index (χ3v) is 4.50. The van der Waals surface area contributed by atoms with Crippen LogP contribution in [0, 0.1) is 6.92 Å². The molecule has 0 aliphatic carbocycles. The van der Waals surface area contributed by atoms with Gasteiger partial charge in [0.15, 0.2) is 0 Å². The summed E-state index contributed by atoms with van der Waals surface area (Å²) in [4.78, 5) is 5.07. The SMILES string of the molecule is Cc1ccc2c(c1)N(CCCN)c1ccccc1S2. The Balaban J connectivity index is 2.08. The highest BCUT2D eigenvalue weighted by molar-refractivity contribution is 7.99. The molecule has 2 aromatic rings. The van der Waals surface area contributed by atoms with Gasteiger partial charge in [-0.2, -0.15) is 0 Å². The van der Waals surface area contributed by atoms with Crippen molar-refractivity contribution in [2.24, 2.45) is 5.73 Å². The van der Waals surface area contributed by atoms with Gasteiger partial charge in [0.05, 0.1) is 11.4 Å². The molecule has 0 unspecified atom stereocenters. The summed E-state index contributed by atoms with van der Waals surface area (Å²) < 4.78 is 0. The number of rotatable bonds is 3. The van der Waals surface area contributed by atoms with Crippen molar-refractivity contribution in [3.63, 3.8) is 0 Å². The Morgan fingerprint density at radius 1 is 1.05 bits per heavy atom. The van der Waals surface area contributed by atoms with Gasteiger partial charge in [-0.05, 0) is 49.7 Å². The molecular weight excluding hydrogens is 252 g/mol. The molecule has 3 rings (SSSR count). The number of benzene rings is 2. The molecule has 2 N–H and O–H groups in total. The van der Waals surface area contributed by atoms with Crippen LogP contribution in [0.25, 0.3) is 0 Å². The van der Waals surface area contributed by atoms with Gasteiger partial charge in [-0.3, -0.25) is 0 Å². The van der Waals surface area contributed by atoms with Crippen molar-refractivity contribution >= 4 is 23.1 Å². The summed E-state index contributed by atoms with van der Waals surface area (Å²) in [6.45, 7) is 3.85. The number of anilines is 2. The van der Waals surface area contributed by atoms with E-state index in [1.165, 1.54) is 26.7 Å². The standard InChI is InChI=1S/C16H18N2S/c1-12-7-8-16-14(11-12)18(10-4-9-17)13-5-2-3-6-15(13)19-16/h2-3,5-8,11H,4,9-10,17H2,1H3. The molecule has 0 aromatic heterocycles. The van der Waals surface area contributed by atoms with Gasteiger partial charge >= 0.3 is 0 Å². The first-order chi connectivity index (χ1) is 9.29. The largest absolute Gasteiger partial charge is 0.340 e. The van der Waals surface area contributed by atoms with E-state index in [-0.39, 0.29) is 0 Å². The van der Waals surface area contributed by atoms with E-state index in [0.717, 1.165) is 19.5 Å². The summed E-state index contributed by atoms with van der Waals surface area (Å²) in [7, 11) is 0. The van der Waals surface area contributed by atoms with E-state index in [0.29, 0.717) is 0 Å². The maximum absolute atomic E-state index is 5.68. The maximum atomic E-state index is 5.68. The highest BCUT2D eigenvalue weighted by atomic mass is 32.2. The topological polar surface area (TPSA) is 29.3 Å². The molecule has 0 saturated heterocycles. The average molecular weight is 270 g/mol. The minimum Gasteiger partial charge on any atom is -0.340 e. The monoisotopic (exact) mass is 270 g/mol. The fourth-order valence-corrected chi connectivity index (χ4v) is 3.51. The highest BCUT2D eigenvalue weighted by Crippen LogP contribution is 2.48. The van der Waals surface area contributed by atoms with Crippen LogP contribution < -0.4 is 10.6 Å². The van der Waals surface area contributed by atoms with Crippen LogP contribution in [-0.2, 0) is 0 Å². The molecule has 0 atom stereocenters. The lowest BCUT2D eigenvalue weighted by molar-refractivity contribution is 0.806. The second kappa shape index (κ2) is 5.27. The second-order valence-corrected chi connectivity index (χ2v) is 5.92. The summed E-state index contributed by atoms with van der Waals surface area (Å²) in [6, 6.07) is 15.3. The number of hydrogen-bond acceptors (Lipinski definition) is 3. The van der Waals surface area contributed by atoms with Crippen LogP contribution in [0.15, 0.2) is 52.3 Å². The Morgan fingerprint density at radius 2 is 1.84 bits per heavy atom. The number of nitrogens with zero attached hydrogens (tertiary/aromatic N) is 1. The zero-order chi connectivity index (χ0) is 13.2. The number of aryl methyl sites for hydroxylation is 1. The van der Waals surface area contributed by atoms with Gasteiger partial charge in [-0.1, -0.05) is 30.0 Å². The molecule has 1 aliphatic heterocycles. The first kappa shape index (κ1) is 12.6. The van der Waals surface area contributed by atoms with Gasteiger partial charge in [-0.25, -0.2) is 0 Å². The predicted molar refractivity (Wildman–Crippen MR) is 82.4 cm³/mol. The van der Waals surface area contributed by atoms with Gasteiger partial charge in [0.2, 0.25) is 0 Å². The maximum Gasteiger partial charge on any atom is 0.0555 e. The van der Waals surface area contributed by atoms with E-state index >= 15 is 0 Å². The van der Waals surface area contributed by atoms with E-state index in [1.54, 1.807) is 0 Å². The van der Waals surface area contributed by atoms with Crippen LogP contribution in [0.5, 0.6) is 0 Å². The lowest BCUT2D eigenvalue weighted by Gasteiger charge is -2.33. The predicted octanol–water partition coefficient (Wildman–Crippen LogP) is 3.95. The smallest absolute Gasteiger partial charge is 0.0555 e. The molecule has 2 aromatic carbocycles. The molecular formula is C16H18N2S. The van der Waals surface area contributed by atoms with E-state index in [2.05, 4.69) is 54.3 Å². The molecule has 0 bridgehead atoms. The second-order valence-electron chi connectivity index (χ2n) is 4.83. The summed E-state index contributed by atoms with van der Waals surface area (Å²) in [5.41, 5.74) is 9.61. The van der Waals surface area contributed by atoms with Gasteiger partial charge in [0, 0.05) is 16.3 Å². The Labute approximate surface area is 118 Å². The zero-order valence-corrected chi connectivity index (χ0v) is 11.9. The molecule has 0 amide bonds. The third kappa shape index (κ3) is 2.36. The molecule has 1 heterocycles. The van der Waals surface area contributed by atoms with Gasteiger partial charge < -0.3 is 10.6 Å². The highest BCUT2D eigenvalue weighted by Gasteiger charge is 2.22. The zero-order valence-electron chi connectivity index (χ0n) is 11.1. The molecule has 2 nitrogen and oxygen atoms in total. The summed E-state index contributed by atoms with van der Waals surface area (Å²) in [5.74, 6) is 0. The first-order valence-corrected chi connectivity index (χ1v) is 7.46. The van der Waals surface area contributed by atoms with E-state index in [4.69, 9.17) is 5.73 Å². The van der Waals surface area contributed by atoms with Crippen molar-refractivity contribution < 1.29 is 0 Å². The lowest BCUT2D eigenvalue weighted by Crippen LogP contribution is -2.23. The van der Waals surface area contributed by atoms with Crippen molar-refractivity contribution in [2.75, 3.05) is 18.0 Å². The van der Waals surface area contributed by atoms with Crippen molar-refractivity contribution in [1.82, 2.24) is 0 Å². The van der Waals surface area contributed by atoms with E-state index in [9.17, 15) is 0 Å². The molecule has 1 aliphatic rings. The summed E-state index contributed by atoms with van der Waals surface area (Å²) >= 11 is 1.86. The Kier molecular flexibility index (Phi) is 3.49. The molecule has 19 heavy (non-hydrogen) atoms. The molecule has 98 valence electrons. The average Bonchev–Trinajstić information content (AvgIpc) is 2.44. The van der Waals surface area contributed by atoms with Gasteiger partial charge in [0.1, 0.15) is 0 Å². The van der Waals surface area contributed by atoms with Crippen LogP contribution >= 0.6 is 11.8 Å². The van der Waals surface area contributed by atoms with Crippen molar-refractivity contribution in [3.05, 3.63) is 48.0 Å². The normalized spacial score (nSPS) is 13.1. The number of fused-ring (bicyclic) bond motifs is 2. The van der Waals surface area contributed by atoms with Crippen molar-refractivity contribution in [3.8, 4) is 0 Å². The molecule has 0 saturated carbocycles. The number of para-hydroxylation sites is 1. The Morgan fingerprint density at radius 3 is 2.68 bits per heavy atom. The van der Waals surface area contributed by atoms with Crippen LogP contribution in [0.1, 0.15) is 12.0 Å². The minimum absolute atomic E-state index is 0.729. The molecule has 3 heteroatoms. The van der Waals surface area contributed by atoms with E-state index in [1.807, 2.05) is 11.8 Å². The Hall–Kier alpha value is -1.45. The first-order valence-electron chi connectivity index (χ1n) is 6.65. The van der Waals surface area contributed by atoms with Crippen LogP contribution in [0.4, 0.5) is 11.4 Å². The van der Waals surface area contributed by atoms with Gasteiger partial charge in [0.25, 0.3) is 0 Å². The molecule has 0 spiro atoms. The summed E-state index contributed by atoms with van der Waals surface area (Å²) in [6.07, 6.45) is 1.01. The number of hydrogen-bond donors (Lipinski definition) is 1. The quantitative estimate of drug-likeness (QED) is 0.915. The summed E-state index contributed by atoms with van der Waals surface area (Å²) in [5, 5.41) is 0. The third-order valence-electron chi connectivity index (χ3n) is 3.37. The minimum atomic E-state index is 0.729. The Bertz CT molecular complexity index is 595. The fraction of sp³-hybridized carbons (Fsp3) is 0.250. The molecule has 0 radical (unpaired) electrons. The lowest BCUT2D eigenvalue weighted by atomic mass is 10.1. The fourth-order valence-electron chi connectivity index (χ4n) is 2.43. The van der Waals surface area contributed by atoms with E-state index < -0.39 is 0 Å². The van der Waals surface area contributed by atoms with Crippen molar-refractivity contribution in [1.29, 1.82) is 0 Å². The van der Waals surface area contributed by atoms with Crippen LogP contribution in [-0.4, -0.2) is 13.1 Å². The number of nitrogens with two attached hydrogens (primary N) is 1.